The molecule has 0 spiro atoms. The van der Waals surface area contributed by atoms with Crippen LogP contribution in [-0.4, -0.2) is 43.4 Å². The maximum atomic E-state index is 13.2. The molecule has 0 N–H and O–H groups in total. The van der Waals surface area contributed by atoms with Crippen LogP contribution in [0.5, 0.6) is 23.0 Å². The van der Waals surface area contributed by atoms with Crippen LogP contribution in [0, 0.1) is 9.39 Å². The number of carbonyl (C=O) groups is 2. The fourth-order valence-corrected chi connectivity index (χ4v) is 5.17. The molecule has 2 amide bonds. The van der Waals surface area contributed by atoms with Gasteiger partial charge >= 0.3 is 0 Å². The van der Waals surface area contributed by atoms with Gasteiger partial charge in [0.1, 0.15) is 19.0 Å². The second kappa shape index (κ2) is 12.3. The highest BCUT2D eigenvalue weighted by molar-refractivity contribution is 14.1. The minimum absolute atomic E-state index is 0.108. The van der Waals surface area contributed by atoms with Crippen LogP contribution in [0.3, 0.4) is 0 Å². The van der Waals surface area contributed by atoms with Gasteiger partial charge in [0.15, 0.2) is 23.0 Å². The van der Waals surface area contributed by atoms with Crippen LogP contribution in [0.15, 0.2) is 65.6 Å². The molecule has 7 nitrogen and oxygen atoms in total. The van der Waals surface area contributed by atoms with Gasteiger partial charge in [-0.15, -0.1) is 0 Å². The molecular weight excluding hydrogens is 612 g/mol. The Hall–Kier alpha value is -3.25. The van der Waals surface area contributed by atoms with E-state index in [0.717, 1.165) is 25.8 Å². The molecule has 1 aliphatic heterocycles. The lowest BCUT2D eigenvalue weighted by Gasteiger charge is -2.15. The van der Waals surface area contributed by atoms with Crippen molar-refractivity contribution in [1.82, 2.24) is 4.90 Å². The normalized spacial score (nSPS) is 14.3. The Morgan fingerprint density at radius 3 is 2.35 bits per heavy atom. The average molecular weight is 635 g/mol. The Kier molecular flexibility index (Phi) is 8.93. The van der Waals surface area contributed by atoms with Crippen molar-refractivity contribution in [3.8, 4) is 23.0 Å². The number of amides is 2. The van der Waals surface area contributed by atoms with Crippen LogP contribution in [0.1, 0.15) is 11.1 Å². The van der Waals surface area contributed by atoms with Gasteiger partial charge in [-0.1, -0.05) is 24.3 Å². The number of halogens is 2. The van der Waals surface area contributed by atoms with Gasteiger partial charge in [0.25, 0.3) is 11.1 Å². The van der Waals surface area contributed by atoms with Gasteiger partial charge in [0, 0.05) is 0 Å². The minimum atomic E-state index is -0.385. The zero-order valence-electron chi connectivity index (χ0n) is 20.0. The van der Waals surface area contributed by atoms with E-state index in [1.54, 1.807) is 43.5 Å². The lowest BCUT2D eigenvalue weighted by atomic mass is 10.1. The number of methoxy groups -OCH3 is 2. The van der Waals surface area contributed by atoms with Crippen LogP contribution in [0.2, 0.25) is 0 Å². The first-order valence-corrected chi connectivity index (χ1v) is 13.0. The van der Waals surface area contributed by atoms with Crippen LogP contribution in [0.25, 0.3) is 6.08 Å². The van der Waals surface area contributed by atoms with E-state index in [1.807, 2.05) is 18.2 Å². The number of hydrogen-bond donors (Lipinski definition) is 0. The van der Waals surface area contributed by atoms with E-state index in [4.69, 9.17) is 18.9 Å². The highest BCUT2D eigenvalue weighted by Crippen LogP contribution is 2.37. The summed E-state index contributed by atoms with van der Waals surface area (Å²) in [7, 11) is 3.07. The molecule has 0 aliphatic carbocycles. The molecular formula is C27H23FINO6S. The summed E-state index contributed by atoms with van der Waals surface area (Å²) in [4.78, 5) is 26.9. The Bertz CT molecular complexity index is 1330. The maximum absolute atomic E-state index is 13.2. The van der Waals surface area contributed by atoms with Gasteiger partial charge < -0.3 is 18.9 Å². The lowest BCUT2D eigenvalue weighted by molar-refractivity contribution is -0.123. The van der Waals surface area contributed by atoms with E-state index < -0.39 is 0 Å². The molecule has 1 aliphatic rings. The summed E-state index contributed by atoms with van der Waals surface area (Å²) in [5.74, 6) is 1.43. The molecule has 37 heavy (non-hydrogen) atoms. The van der Waals surface area contributed by atoms with E-state index >= 15 is 0 Å². The molecule has 3 aromatic carbocycles. The third-order valence-electron chi connectivity index (χ3n) is 5.36. The van der Waals surface area contributed by atoms with Crippen molar-refractivity contribution >= 4 is 51.6 Å². The smallest absolute Gasteiger partial charge is 0.293 e. The number of carbonyl (C=O) groups excluding carboxylic acids is 2. The second-order valence-electron chi connectivity index (χ2n) is 7.78. The second-order valence-corrected chi connectivity index (χ2v) is 9.94. The molecule has 1 fully saturated rings. The molecule has 0 bridgehead atoms. The first-order chi connectivity index (χ1) is 17.9. The van der Waals surface area contributed by atoms with Crippen molar-refractivity contribution in [1.29, 1.82) is 0 Å². The van der Waals surface area contributed by atoms with Crippen molar-refractivity contribution < 1.29 is 32.9 Å². The Morgan fingerprint density at radius 2 is 1.65 bits per heavy atom. The highest BCUT2D eigenvalue weighted by atomic mass is 127. The number of para-hydroxylation sites is 2. The first kappa shape index (κ1) is 26.8. The van der Waals surface area contributed by atoms with Gasteiger partial charge in [-0.3, -0.25) is 14.5 Å². The number of ether oxygens (including phenoxy) is 4. The molecule has 0 saturated carbocycles. The quantitative estimate of drug-likeness (QED) is 0.196. The van der Waals surface area contributed by atoms with Crippen LogP contribution >= 0.6 is 34.4 Å². The number of rotatable bonds is 10. The fraction of sp³-hybridized carbons (Fsp3) is 0.185. The third kappa shape index (κ3) is 6.55. The van der Waals surface area contributed by atoms with Gasteiger partial charge in [0.2, 0.25) is 0 Å². The Morgan fingerprint density at radius 1 is 0.946 bits per heavy atom. The lowest BCUT2D eigenvalue weighted by Crippen LogP contribution is -2.32. The topological polar surface area (TPSA) is 74.3 Å². The summed E-state index contributed by atoms with van der Waals surface area (Å²) in [6.45, 7) is 0.483. The molecule has 1 heterocycles. The van der Waals surface area contributed by atoms with E-state index in [-0.39, 0.29) is 36.7 Å². The molecule has 3 aromatic rings. The maximum Gasteiger partial charge on any atom is 0.293 e. The van der Waals surface area contributed by atoms with Crippen LogP contribution < -0.4 is 18.9 Å². The Balaban J connectivity index is 1.43. The molecule has 0 aromatic heterocycles. The van der Waals surface area contributed by atoms with Crippen molar-refractivity contribution in [2.24, 2.45) is 0 Å². The van der Waals surface area contributed by atoms with Gasteiger partial charge in [-0.25, -0.2) is 4.39 Å². The van der Waals surface area contributed by atoms with Gasteiger partial charge in [-0.2, -0.15) is 0 Å². The highest BCUT2D eigenvalue weighted by Gasteiger charge is 2.35. The summed E-state index contributed by atoms with van der Waals surface area (Å²) in [5, 5.41) is -0.360. The largest absolute Gasteiger partial charge is 0.493 e. The summed E-state index contributed by atoms with van der Waals surface area (Å²) in [5.41, 5.74) is 1.50. The monoisotopic (exact) mass is 635 g/mol. The van der Waals surface area contributed by atoms with Crippen molar-refractivity contribution in [3.63, 3.8) is 0 Å². The summed E-state index contributed by atoms with van der Waals surface area (Å²) < 4.78 is 36.3. The van der Waals surface area contributed by atoms with E-state index in [9.17, 15) is 14.0 Å². The molecule has 10 heteroatoms. The fourth-order valence-electron chi connectivity index (χ4n) is 3.53. The number of benzene rings is 3. The van der Waals surface area contributed by atoms with Crippen LogP contribution in [0.4, 0.5) is 9.18 Å². The van der Waals surface area contributed by atoms with E-state index in [0.29, 0.717) is 33.5 Å². The SMILES string of the molecule is COc1ccccc1OCCN1C(=O)S/C(=C\c2cc(I)c(OCc3ccc(F)cc3)c(OC)c2)C1=O. The predicted octanol–water partition coefficient (Wildman–Crippen LogP) is 6.14. The molecule has 1 saturated heterocycles. The van der Waals surface area contributed by atoms with E-state index in [2.05, 4.69) is 22.6 Å². The zero-order valence-corrected chi connectivity index (χ0v) is 23.0. The molecule has 0 atom stereocenters. The summed E-state index contributed by atoms with van der Waals surface area (Å²) >= 11 is 3.00. The molecule has 4 rings (SSSR count). The van der Waals surface area contributed by atoms with Crippen LogP contribution in [-0.2, 0) is 11.4 Å². The number of hydrogen-bond acceptors (Lipinski definition) is 7. The summed E-state index contributed by atoms with van der Waals surface area (Å²) in [6.07, 6.45) is 1.65. The van der Waals surface area contributed by atoms with Gasteiger partial charge in [0.05, 0.1) is 29.2 Å². The minimum Gasteiger partial charge on any atom is -0.493 e. The van der Waals surface area contributed by atoms with Crippen molar-refractivity contribution in [2.45, 2.75) is 6.61 Å². The average Bonchev–Trinajstić information content (AvgIpc) is 3.16. The molecule has 0 radical (unpaired) electrons. The number of nitrogens with zero attached hydrogens (tertiary/aromatic N) is 1. The standard InChI is InChI=1S/C27H23FINO6S/c1-33-21-5-3-4-6-22(21)35-12-11-30-26(31)24(37-27(30)32)15-18-13-20(29)25(23(14-18)34-2)36-16-17-7-9-19(28)10-8-17/h3-10,13-15H,11-12,16H2,1-2H3/b24-15-. The van der Waals surface area contributed by atoms with Crippen molar-refractivity contribution in [3.05, 3.63) is 86.1 Å². The van der Waals surface area contributed by atoms with Crippen molar-refractivity contribution in [2.75, 3.05) is 27.4 Å². The number of imide groups is 1. The number of thioether (sulfide) groups is 1. The molecule has 0 unspecified atom stereocenters. The van der Waals surface area contributed by atoms with Gasteiger partial charge in [-0.05, 0) is 88.0 Å². The predicted molar refractivity (Wildman–Crippen MR) is 148 cm³/mol. The summed E-state index contributed by atoms with van der Waals surface area (Å²) in [6, 6.07) is 16.8. The zero-order chi connectivity index (χ0) is 26.4. The Labute approximate surface area is 231 Å². The molecule has 192 valence electrons. The third-order valence-corrected chi connectivity index (χ3v) is 7.07. The van der Waals surface area contributed by atoms with E-state index in [1.165, 1.54) is 19.2 Å². The first-order valence-electron chi connectivity index (χ1n) is 11.2.